The van der Waals surface area contributed by atoms with E-state index < -0.39 is 5.97 Å². The van der Waals surface area contributed by atoms with Crippen molar-refractivity contribution in [1.82, 2.24) is 4.90 Å². The van der Waals surface area contributed by atoms with Gasteiger partial charge < -0.3 is 14.7 Å². The maximum absolute atomic E-state index is 10.7. The van der Waals surface area contributed by atoms with Crippen LogP contribution in [0, 0.1) is 5.92 Å². The molecule has 0 aromatic heterocycles. The summed E-state index contributed by atoms with van der Waals surface area (Å²) in [7, 11) is 0. The maximum Gasteiger partial charge on any atom is 0.303 e. The number of rotatable bonds is 4. The van der Waals surface area contributed by atoms with Crippen LogP contribution in [0.25, 0.3) is 0 Å². The second-order valence-electron chi connectivity index (χ2n) is 5.35. The first-order valence-corrected chi connectivity index (χ1v) is 6.80. The van der Waals surface area contributed by atoms with E-state index in [2.05, 4.69) is 4.90 Å². The standard InChI is InChI=1S/C13H23NO3/c15-13(16)8-11-4-3-6-14(9-11)10-12-5-1-2-7-17-12/h11-12H,1-10H2,(H,15,16). The van der Waals surface area contributed by atoms with E-state index in [1.165, 1.54) is 19.3 Å². The third-order valence-corrected chi connectivity index (χ3v) is 3.80. The molecule has 17 heavy (non-hydrogen) atoms. The van der Waals surface area contributed by atoms with Gasteiger partial charge in [0, 0.05) is 26.1 Å². The van der Waals surface area contributed by atoms with Crippen LogP contribution in [0.2, 0.25) is 0 Å². The Labute approximate surface area is 103 Å². The van der Waals surface area contributed by atoms with E-state index in [0.29, 0.717) is 18.4 Å². The topological polar surface area (TPSA) is 49.8 Å². The van der Waals surface area contributed by atoms with Crippen LogP contribution in [-0.2, 0) is 9.53 Å². The fraction of sp³-hybridized carbons (Fsp3) is 0.923. The van der Waals surface area contributed by atoms with Gasteiger partial charge in [-0.25, -0.2) is 0 Å². The van der Waals surface area contributed by atoms with Crippen molar-refractivity contribution in [2.45, 2.75) is 44.6 Å². The van der Waals surface area contributed by atoms with Gasteiger partial charge in [0.1, 0.15) is 0 Å². The molecular formula is C13H23NO3. The molecule has 0 aromatic rings. The molecule has 2 heterocycles. The molecule has 4 nitrogen and oxygen atoms in total. The van der Waals surface area contributed by atoms with Gasteiger partial charge in [-0.2, -0.15) is 0 Å². The Morgan fingerprint density at radius 2 is 2.18 bits per heavy atom. The molecule has 0 amide bonds. The molecule has 2 atom stereocenters. The molecule has 2 aliphatic rings. The highest BCUT2D eigenvalue weighted by atomic mass is 16.5. The van der Waals surface area contributed by atoms with Gasteiger partial charge >= 0.3 is 5.97 Å². The third-order valence-electron chi connectivity index (χ3n) is 3.80. The van der Waals surface area contributed by atoms with Crippen molar-refractivity contribution in [3.8, 4) is 0 Å². The minimum atomic E-state index is -0.661. The second kappa shape index (κ2) is 6.36. The number of aliphatic carboxylic acids is 1. The quantitative estimate of drug-likeness (QED) is 0.814. The highest BCUT2D eigenvalue weighted by molar-refractivity contribution is 5.67. The number of ether oxygens (including phenoxy) is 1. The largest absolute Gasteiger partial charge is 0.481 e. The molecular weight excluding hydrogens is 218 g/mol. The molecule has 0 spiro atoms. The Morgan fingerprint density at radius 3 is 2.88 bits per heavy atom. The van der Waals surface area contributed by atoms with E-state index in [-0.39, 0.29) is 0 Å². The molecule has 0 radical (unpaired) electrons. The summed E-state index contributed by atoms with van der Waals surface area (Å²) in [5.74, 6) is -0.324. The number of nitrogens with zero attached hydrogens (tertiary/aromatic N) is 1. The summed E-state index contributed by atoms with van der Waals surface area (Å²) in [6.07, 6.45) is 6.53. The van der Waals surface area contributed by atoms with Crippen LogP contribution in [0.4, 0.5) is 0 Å². The zero-order valence-electron chi connectivity index (χ0n) is 10.4. The van der Waals surface area contributed by atoms with Gasteiger partial charge in [0.15, 0.2) is 0 Å². The van der Waals surface area contributed by atoms with Crippen LogP contribution < -0.4 is 0 Å². The highest BCUT2D eigenvalue weighted by Crippen LogP contribution is 2.21. The van der Waals surface area contributed by atoms with E-state index in [0.717, 1.165) is 39.1 Å². The Hall–Kier alpha value is -0.610. The molecule has 0 bridgehead atoms. The first-order valence-electron chi connectivity index (χ1n) is 6.80. The molecule has 0 aromatic carbocycles. The van der Waals surface area contributed by atoms with Crippen molar-refractivity contribution in [3.05, 3.63) is 0 Å². The van der Waals surface area contributed by atoms with Crippen LogP contribution in [0.1, 0.15) is 38.5 Å². The van der Waals surface area contributed by atoms with Crippen molar-refractivity contribution >= 4 is 5.97 Å². The minimum absolute atomic E-state index is 0.321. The van der Waals surface area contributed by atoms with Gasteiger partial charge in [-0.15, -0.1) is 0 Å². The monoisotopic (exact) mass is 241 g/mol. The fourth-order valence-electron chi connectivity index (χ4n) is 2.97. The number of carboxylic acids is 1. The lowest BCUT2D eigenvalue weighted by Crippen LogP contribution is -2.42. The van der Waals surface area contributed by atoms with Crippen molar-refractivity contribution in [2.24, 2.45) is 5.92 Å². The molecule has 1 N–H and O–H groups in total. The summed E-state index contributed by atoms with van der Waals surface area (Å²) in [6, 6.07) is 0. The fourth-order valence-corrected chi connectivity index (χ4v) is 2.97. The summed E-state index contributed by atoms with van der Waals surface area (Å²) in [6.45, 7) is 3.94. The molecule has 2 unspecified atom stereocenters. The summed E-state index contributed by atoms with van der Waals surface area (Å²) >= 11 is 0. The second-order valence-corrected chi connectivity index (χ2v) is 5.35. The molecule has 2 aliphatic heterocycles. The first-order chi connectivity index (χ1) is 8.24. The number of carboxylic acid groups (broad SMARTS) is 1. The molecule has 4 heteroatoms. The zero-order chi connectivity index (χ0) is 12.1. The Balaban J connectivity index is 1.74. The molecule has 0 aliphatic carbocycles. The Kier molecular flexibility index (Phi) is 4.80. The van der Waals surface area contributed by atoms with Crippen LogP contribution in [0.3, 0.4) is 0 Å². The zero-order valence-corrected chi connectivity index (χ0v) is 10.4. The summed E-state index contributed by atoms with van der Waals surface area (Å²) in [5.41, 5.74) is 0. The smallest absolute Gasteiger partial charge is 0.303 e. The summed E-state index contributed by atoms with van der Waals surface area (Å²) in [5, 5.41) is 8.83. The van der Waals surface area contributed by atoms with Gasteiger partial charge in [0.2, 0.25) is 0 Å². The van der Waals surface area contributed by atoms with E-state index in [1.807, 2.05) is 0 Å². The Morgan fingerprint density at radius 1 is 1.29 bits per heavy atom. The van der Waals surface area contributed by atoms with Crippen molar-refractivity contribution < 1.29 is 14.6 Å². The number of likely N-dealkylation sites (tertiary alicyclic amines) is 1. The average molecular weight is 241 g/mol. The summed E-state index contributed by atoms with van der Waals surface area (Å²) in [4.78, 5) is 13.1. The number of carbonyl (C=O) groups is 1. The average Bonchev–Trinajstić information content (AvgIpc) is 2.30. The molecule has 2 fully saturated rings. The lowest BCUT2D eigenvalue weighted by atomic mass is 9.94. The van der Waals surface area contributed by atoms with Crippen molar-refractivity contribution in [3.63, 3.8) is 0 Å². The normalized spacial score (nSPS) is 31.3. The predicted octanol–water partition coefficient (Wildman–Crippen LogP) is 1.74. The van der Waals surface area contributed by atoms with Crippen LogP contribution in [-0.4, -0.2) is 48.3 Å². The maximum atomic E-state index is 10.7. The van der Waals surface area contributed by atoms with Crippen LogP contribution in [0.5, 0.6) is 0 Å². The van der Waals surface area contributed by atoms with Gasteiger partial charge in [-0.05, 0) is 44.6 Å². The SMILES string of the molecule is O=C(O)CC1CCCN(CC2CCCCO2)C1. The summed E-state index contributed by atoms with van der Waals surface area (Å²) < 4.78 is 5.74. The molecule has 0 saturated carbocycles. The molecule has 2 rings (SSSR count). The number of hydrogen-bond acceptors (Lipinski definition) is 3. The van der Waals surface area contributed by atoms with E-state index in [4.69, 9.17) is 9.84 Å². The number of hydrogen-bond donors (Lipinski definition) is 1. The Bertz CT molecular complexity index is 251. The van der Waals surface area contributed by atoms with Gasteiger partial charge in [0.05, 0.1) is 6.10 Å². The third kappa shape index (κ3) is 4.28. The highest BCUT2D eigenvalue weighted by Gasteiger charge is 2.24. The molecule has 2 saturated heterocycles. The first kappa shape index (κ1) is 12.8. The van der Waals surface area contributed by atoms with E-state index in [9.17, 15) is 4.79 Å². The van der Waals surface area contributed by atoms with Gasteiger partial charge in [0.25, 0.3) is 0 Å². The predicted molar refractivity (Wildman–Crippen MR) is 65.0 cm³/mol. The van der Waals surface area contributed by atoms with E-state index >= 15 is 0 Å². The van der Waals surface area contributed by atoms with Gasteiger partial charge in [-0.3, -0.25) is 4.79 Å². The minimum Gasteiger partial charge on any atom is -0.481 e. The van der Waals surface area contributed by atoms with Crippen molar-refractivity contribution in [2.75, 3.05) is 26.2 Å². The van der Waals surface area contributed by atoms with Crippen LogP contribution in [0.15, 0.2) is 0 Å². The lowest BCUT2D eigenvalue weighted by Gasteiger charge is -2.35. The van der Waals surface area contributed by atoms with Crippen LogP contribution >= 0.6 is 0 Å². The molecule has 98 valence electrons. The van der Waals surface area contributed by atoms with Crippen molar-refractivity contribution in [1.29, 1.82) is 0 Å². The van der Waals surface area contributed by atoms with E-state index in [1.54, 1.807) is 0 Å². The lowest BCUT2D eigenvalue weighted by molar-refractivity contribution is -0.138. The van der Waals surface area contributed by atoms with Gasteiger partial charge in [-0.1, -0.05) is 0 Å². The number of piperidine rings is 1.